The Balaban J connectivity index is 2.31. The number of esters is 1. The molecule has 1 heterocycles. The monoisotopic (exact) mass is 295 g/mol. The number of H-pyrrole nitrogens is 1. The van der Waals surface area contributed by atoms with E-state index >= 15 is 0 Å². The number of carbonyl (C=O) groups is 1. The van der Waals surface area contributed by atoms with Crippen molar-refractivity contribution in [2.75, 3.05) is 7.11 Å². The summed E-state index contributed by atoms with van der Waals surface area (Å²) < 4.78 is 5.77. The topological polar surface area (TPSA) is 42.1 Å². The molecular formula is C13H14BrNO2. The molecule has 17 heavy (non-hydrogen) atoms. The van der Waals surface area contributed by atoms with Crippen LogP contribution >= 0.6 is 15.9 Å². The molecule has 1 atom stereocenters. The molecule has 0 fully saturated rings. The molecule has 4 heteroatoms. The predicted molar refractivity (Wildman–Crippen MR) is 70.9 cm³/mol. The van der Waals surface area contributed by atoms with Crippen LogP contribution in [-0.2, 0) is 16.0 Å². The fourth-order valence-electron chi connectivity index (χ4n) is 1.96. The average Bonchev–Trinajstić information content (AvgIpc) is 2.73. The number of para-hydroxylation sites is 1. The molecule has 0 spiro atoms. The van der Waals surface area contributed by atoms with Gasteiger partial charge in [0.2, 0.25) is 0 Å². The van der Waals surface area contributed by atoms with E-state index in [1.54, 1.807) is 0 Å². The summed E-state index contributed by atoms with van der Waals surface area (Å²) in [4.78, 5) is 14.6. The molecule has 0 aliphatic rings. The lowest BCUT2D eigenvalue weighted by molar-refractivity contribution is -0.144. The Bertz CT molecular complexity index is 547. The summed E-state index contributed by atoms with van der Waals surface area (Å²) >= 11 is 3.50. The Hall–Kier alpha value is -1.29. The van der Waals surface area contributed by atoms with Gasteiger partial charge in [-0.25, -0.2) is 0 Å². The number of aromatic nitrogens is 1. The van der Waals surface area contributed by atoms with Gasteiger partial charge in [-0.2, -0.15) is 0 Å². The number of aromatic amines is 1. The van der Waals surface area contributed by atoms with E-state index in [2.05, 4.69) is 27.0 Å². The van der Waals surface area contributed by atoms with Crippen molar-refractivity contribution >= 4 is 32.8 Å². The van der Waals surface area contributed by atoms with Crippen LogP contribution in [-0.4, -0.2) is 18.1 Å². The van der Waals surface area contributed by atoms with Crippen LogP contribution in [0.4, 0.5) is 0 Å². The summed E-state index contributed by atoms with van der Waals surface area (Å²) in [6, 6.07) is 6.04. The number of ether oxygens (including phenoxy) is 1. The molecule has 90 valence electrons. The zero-order valence-corrected chi connectivity index (χ0v) is 11.4. The van der Waals surface area contributed by atoms with Gasteiger partial charge in [-0.1, -0.05) is 19.1 Å². The molecule has 0 aliphatic heterocycles. The molecule has 3 nitrogen and oxygen atoms in total. The number of hydrogen-bond donors (Lipinski definition) is 1. The smallest absolute Gasteiger partial charge is 0.308 e. The number of benzene rings is 1. The van der Waals surface area contributed by atoms with Crippen LogP contribution in [0.5, 0.6) is 0 Å². The van der Waals surface area contributed by atoms with Crippen molar-refractivity contribution in [1.82, 2.24) is 4.98 Å². The highest BCUT2D eigenvalue weighted by molar-refractivity contribution is 9.10. The maximum atomic E-state index is 11.4. The van der Waals surface area contributed by atoms with Crippen LogP contribution in [0.15, 0.2) is 28.9 Å². The fourth-order valence-corrected chi connectivity index (χ4v) is 2.44. The van der Waals surface area contributed by atoms with Gasteiger partial charge in [0.1, 0.15) is 0 Å². The Morgan fingerprint density at radius 2 is 2.29 bits per heavy atom. The van der Waals surface area contributed by atoms with Crippen molar-refractivity contribution in [3.05, 3.63) is 34.4 Å². The SMILES string of the molecule is COC(=O)[C@@H](C)Cc1c[nH]c2c(Br)cccc12. The molecule has 0 saturated heterocycles. The van der Waals surface area contributed by atoms with Crippen LogP contribution in [0.3, 0.4) is 0 Å². The predicted octanol–water partition coefficient (Wildman–Crippen LogP) is 3.28. The van der Waals surface area contributed by atoms with Gasteiger partial charge in [-0.3, -0.25) is 4.79 Å². The molecular weight excluding hydrogens is 282 g/mol. The first-order valence-corrected chi connectivity index (χ1v) is 6.25. The van der Waals surface area contributed by atoms with Crippen LogP contribution in [0, 0.1) is 5.92 Å². The summed E-state index contributed by atoms with van der Waals surface area (Å²) in [6.07, 6.45) is 2.64. The number of carbonyl (C=O) groups excluding carboxylic acids is 1. The van der Waals surface area contributed by atoms with E-state index in [1.165, 1.54) is 7.11 Å². The summed E-state index contributed by atoms with van der Waals surface area (Å²) in [5.41, 5.74) is 2.21. The summed E-state index contributed by atoms with van der Waals surface area (Å²) in [5.74, 6) is -0.299. The Kier molecular flexibility index (Phi) is 3.52. The number of fused-ring (bicyclic) bond motifs is 1. The van der Waals surface area contributed by atoms with Crippen molar-refractivity contribution in [1.29, 1.82) is 0 Å². The van der Waals surface area contributed by atoms with Crippen molar-refractivity contribution in [3.63, 3.8) is 0 Å². The first-order chi connectivity index (χ1) is 8.13. The van der Waals surface area contributed by atoms with Crippen molar-refractivity contribution in [2.24, 2.45) is 5.92 Å². The summed E-state index contributed by atoms with van der Waals surface area (Å²) in [7, 11) is 1.42. The van der Waals surface area contributed by atoms with Gasteiger partial charge in [0.25, 0.3) is 0 Å². The van der Waals surface area contributed by atoms with Crippen LogP contribution in [0.25, 0.3) is 10.9 Å². The van der Waals surface area contributed by atoms with Gasteiger partial charge in [-0.05, 0) is 34.0 Å². The zero-order valence-electron chi connectivity index (χ0n) is 9.79. The van der Waals surface area contributed by atoms with E-state index in [4.69, 9.17) is 4.74 Å². The maximum Gasteiger partial charge on any atom is 0.308 e. The molecule has 0 aliphatic carbocycles. The molecule has 1 aromatic carbocycles. The van der Waals surface area contributed by atoms with Crippen LogP contribution in [0.1, 0.15) is 12.5 Å². The first kappa shape index (κ1) is 12.2. The largest absolute Gasteiger partial charge is 0.469 e. The molecule has 2 rings (SSSR count). The van der Waals surface area contributed by atoms with E-state index in [0.717, 1.165) is 20.9 Å². The minimum Gasteiger partial charge on any atom is -0.469 e. The Morgan fingerprint density at radius 3 is 3.00 bits per heavy atom. The van der Waals surface area contributed by atoms with Gasteiger partial charge < -0.3 is 9.72 Å². The molecule has 0 amide bonds. The summed E-state index contributed by atoms with van der Waals surface area (Å²) in [5, 5.41) is 1.15. The highest BCUT2D eigenvalue weighted by Crippen LogP contribution is 2.27. The number of methoxy groups -OCH3 is 1. The van der Waals surface area contributed by atoms with Gasteiger partial charge in [0, 0.05) is 16.1 Å². The molecule has 0 unspecified atom stereocenters. The number of nitrogens with one attached hydrogen (secondary N) is 1. The van der Waals surface area contributed by atoms with E-state index in [0.29, 0.717) is 6.42 Å². The van der Waals surface area contributed by atoms with Crippen molar-refractivity contribution < 1.29 is 9.53 Å². The minimum atomic E-state index is -0.172. The normalized spacial score (nSPS) is 12.6. The maximum absolute atomic E-state index is 11.4. The van der Waals surface area contributed by atoms with Crippen LogP contribution < -0.4 is 0 Å². The van der Waals surface area contributed by atoms with Gasteiger partial charge in [0.15, 0.2) is 0 Å². The number of hydrogen-bond acceptors (Lipinski definition) is 2. The number of halogens is 1. The lowest BCUT2D eigenvalue weighted by Crippen LogP contribution is -2.14. The van der Waals surface area contributed by atoms with Crippen molar-refractivity contribution in [3.8, 4) is 0 Å². The standard InChI is InChI=1S/C13H14BrNO2/c1-8(13(16)17-2)6-9-7-15-12-10(9)4-3-5-11(12)14/h3-5,7-8,15H,6H2,1-2H3/t8-/m0/s1. The third-order valence-electron chi connectivity index (χ3n) is 2.88. The first-order valence-electron chi connectivity index (χ1n) is 5.45. The molecule has 0 saturated carbocycles. The molecule has 0 radical (unpaired) electrons. The molecule has 1 N–H and O–H groups in total. The number of rotatable bonds is 3. The van der Waals surface area contributed by atoms with Crippen molar-refractivity contribution in [2.45, 2.75) is 13.3 Å². The van der Waals surface area contributed by atoms with E-state index in [-0.39, 0.29) is 11.9 Å². The third-order valence-corrected chi connectivity index (χ3v) is 3.54. The van der Waals surface area contributed by atoms with E-state index in [9.17, 15) is 4.79 Å². The van der Waals surface area contributed by atoms with Gasteiger partial charge in [0.05, 0.1) is 18.5 Å². The second-order valence-corrected chi connectivity index (χ2v) is 4.96. The quantitative estimate of drug-likeness (QED) is 0.883. The third kappa shape index (κ3) is 2.36. The lowest BCUT2D eigenvalue weighted by atomic mass is 10.0. The van der Waals surface area contributed by atoms with Gasteiger partial charge >= 0.3 is 5.97 Å². The Labute approximate surface area is 108 Å². The second-order valence-electron chi connectivity index (χ2n) is 4.10. The minimum absolute atomic E-state index is 0.127. The van der Waals surface area contributed by atoms with E-state index in [1.807, 2.05) is 25.3 Å². The highest BCUT2D eigenvalue weighted by atomic mass is 79.9. The molecule has 0 bridgehead atoms. The van der Waals surface area contributed by atoms with Crippen LogP contribution in [0.2, 0.25) is 0 Å². The molecule has 1 aromatic heterocycles. The lowest BCUT2D eigenvalue weighted by Gasteiger charge is -2.07. The molecule has 2 aromatic rings. The van der Waals surface area contributed by atoms with E-state index < -0.39 is 0 Å². The fraction of sp³-hybridized carbons (Fsp3) is 0.308. The second kappa shape index (κ2) is 4.92. The Morgan fingerprint density at radius 1 is 1.53 bits per heavy atom. The highest BCUT2D eigenvalue weighted by Gasteiger charge is 2.16. The average molecular weight is 296 g/mol. The van der Waals surface area contributed by atoms with Gasteiger partial charge in [-0.15, -0.1) is 0 Å². The summed E-state index contributed by atoms with van der Waals surface area (Å²) in [6.45, 7) is 1.88. The zero-order chi connectivity index (χ0) is 12.4.